The van der Waals surface area contributed by atoms with Crippen LogP contribution in [-0.2, 0) is 0 Å². The second kappa shape index (κ2) is 3.09. The topological polar surface area (TPSA) is 12.9 Å². The average Bonchev–Trinajstić information content (AvgIpc) is 2.72. The van der Waals surface area contributed by atoms with Gasteiger partial charge in [-0.3, -0.25) is 0 Å². The summed E-state index contributed by atoms with van der Waals surface area (Å²) < 4.78 is 0. The van der Waals surface area contributed by atoms with Gasteiger partial charge in [0, 0.05) is 17.2 Å². The van der Waals surface area contributed by atoms with Crippen LogP contribution >= 0.6 is 11.3 Å². The van der Waals surface area contributed by atoms with Crippen molar-refractivity contribution in [3.8, 4) is 0 Å². The largest absolute Gasteiger partial charge is 0.246 e. The van der Waals surface area contributed by atoms with Crippen LogP contribution in [0.3, 0.4) is 0 Å². The van der Waals surface area contributed by atoms with Gasteiger partial charge in [0.05, 0.1) is 10.7 Å². The lowest BCUT2D eigenvalue weighted by Crippen LogP contribution is -1.91. The standard InChI is InChI=1S/C11H15NS/c1-2-4-9(3-1)11-12-10(7-13-11)8-5-6-8/h7-9H,1-6H2. The number of hydrogen-bond acceptors (Lipinski definition) is 2. The number of thiazole rings is 1. The Morgan fingerprint density at radius 2 is 1.85 bits per heavy atom. The highest BCUT2D eigenvalue weighted by atomic mass is 32.1. The van der Waals surface area contributed by atoms with Gasteiger partial charge < -0.3 is 0 Å². The molecule has 0 amide bonds. The van der Waals surface area contributed by atoms with Crippen molar-refractivity contribution in [1.29, 1.82) is 0 Å². The minimum Gasteiger partial charge on any atom is -0.246 e. The van der Waals surface area contributed by atoms with Gasteiger partial charge in [0.15, 0.2) is 0 Å². The molecule has 3 rings (SSSR count). The van der Waals surface area contributed by atoms with Crippen molar-refractivity contribution < 1.29 is 0 Å². The van der Waals surface area contributed by atoms with E-state index in [1.165, 1.54) is 49.2 Å². The van der Waals surface area contributed by atoms with Gasteiger partial charge >= 0.3 is 0 Å². The predicted molar refractivity (Wildman–Crippen MR) is 55.3 cm³/mol. The lowest BCUT2D eigenvalue weighted by Gasteiger charge is -2.02. The van der Waals surface area contributed by atoms with Gasteiger partial charge in [0.2, 0.25) is 0 Å². The van der Waals surface area contributed by atoms with Crippen LogP contribution < -0.4 is 0 Å². The zero-order chi connectivity index (χ0) is 8.67. The first-order chi connectivity index (χ1) is 6.43. The summed E-state index contributed by atoms with van der Waals surface area (Å²) in [5.74, 6) is 1.66. The zero-order valence-electron chi connectivity index (χ0n) is 7.83. The SMILES string of the molecule is c1sc(C2CCCC2)nc1C1CC1. The highest BCUT2D eigenvalue weighted by molar-refractivity contribution is 7.09. The summed E-state index contributed by atoms with van der Waals surface area (Å²) in [6, 6.07) is 0. The van der Waals surface area contributed by atoms with E-state index in [4.69, 9.17) is 4.98 Å². The van der Waals surface area contributed by atoms with Crippen molar-refractivity contribution in [2.24, 2.45) is 0 Å². The molecule has 13 heavy (non-hydrogen) atoms. The van der Waals surface area contributed by atoms with E-state index in [0.29, 0.717) is 0 Å². The first-order valence-electron chi connectivity index (χ1n) is 5.39. The molecule has 0 aromatic carbocycles. The maximum Gasteiger partial charge on any atom is 0.0959 e. The number of rotatable bonds is 2. The Balaban J connectivity index is 1.79. The Morgan fingerprint density at radius 1 is 1.08 bits per heavy atom. The molecule has 1 nitrogen and oxygen atoms in total. The molecule has 2 aliphatic carbocycles. The van der Waals surface area contributed by atoms with Crippen LogP contribution in [0.15, 0.2) is 5.38 Å². The van der Waals surface area contributed by atoms with Crippen molar-refractivity contribution in [3.05, 3.63) is 16.1 Å². The summed E-state index contributed by atoms with van der Waals surface area (Å²) in [4.78, 5) is 4.77. The number of hydrogen-bond donors (Lipinski definition) is 0. The molecule has 0 bridgehead atoms. The third-order valence-electron chi connectivity index (χ3n) is 3.24. The molecule has 0 N–H and O–H groups in total. The summed E-state index contributed by atoms with van der Waals surface area (Å²) in [5.41, 5.74) is 1.40. The number of nitrogens with zero attached hydrogens (tertiary/aromatic N) is 1. The third kappa shape index (κ3) is 1.52. The van der Waals surface area contributed by atoms with Gasteiger partial charge in [0.25, 0.3) is 0 Å². The van der Waals surface area contributed by atoms with Crippen molar-refractivity contribution >= 4 is 11.3 Å². The van der Waals surface area contributed by atoms with E-state index in [2.05, 4.69) is 5.38 Å². The fourth-order valence-corrected chi connectivity index (χ4v) is 3.30. The Hall–Kier alpha value is -0.370. The van der Waals surface area contributed by atoms with Gasteiger partial charge in [-0.25, -0.2) is 4.98 Å². The summed E-state index contributed by atoms with van der Waals surface area (Å²) in [7, 11) is 0. The molecule has 0 unspecified atom stereocenters. The van der Waals surface area contributed by atoms with E-state index >= 15 is 0 Å². The highest BCUT2D eigenvalue weighted by Crippen LogP contribution is 2.42. The zero-order valence-corrected chi connectivity index (χ0v) is 8.65. The molecule has 2 fully saturated rings. The lowest BCUT2D eigenvalue weighted by molar-refractivity contribution is 0.712. The van der Waals surface area contributed by atoms with Gasteiger partial charge in [-0.2, -0.15) is 0 Å². The highest BCUT2D eigenvalue weighted by Gasteiger charge is 2.27. The lowest BCUT2D eigenvalue weighted by atomic mass is 10.1. The van der Waals surface area contributed by atoms with Gasteiger partial charge in [0.1, 0.15) is 0 Å². The second-order valence-electron chi connectivity index (χ2n) is 4.37. The van der Waals surface area contributed by atoms with Crippen molar-refractivity contribution in [1.82, 2.24) is 4.98 Å². The Kier molecular flexibility index (Phi) is 1.90. The first-order valence-corrected chi connectivity index (χ1v) is 6.27. The van der Waals surface area contributed by atoms with Crippen LogP contribution in [-0.4, -0.2) is 4.98 Å². The molecule has 0 radical (unpaired) electrons. The average molecular weight is 193 g/mol. The molecule has 2 aliphatic rings. The molecule has 1 heterocycles. The van der Waals surface area contributed by atoms with Crippen molar-refractivity contribution in [2.45, 2.75) is 50.4 Å². The smallest absolute Gasteiger partial charge is 0.0959 e. The van der Waals surface area contributed by atoms with Crippen LogP contribution in [0.25, 0.3) is 0 Å². The molecule has 0 aliphatic heterocycles. The summed E-state index contributed by atoms with van der Waals surface area (Å²) >= 11 is 1.90. The van der Waals surface area contributed by atoms with E-state index in [0.717, 1.165) is 11.8 Å². The Morgan fingerprint density at radius 3 is 2.54 bits per heavy atom. The van der Waals surface area contributed by atoms with Crippen molar-refractivity contribution in [3.63, 3.8) is 0 Å². The van der Waals surface area contributed by atoms with E-state index in [1.54, 1.807) is 0 Å². The van der Waals surface area contributed by atoms with E-state index in [1.807, 2.05) is 11.3 Å². The van der Waals surface area contributed by atoms with Gasteiger partial charge in [-0.05, 0) is 25.7 Å². The Labute approximate surface area is 83.2 Å². The molecule has 1 aromatic rings. The summed E-state index contributed by atoms with van der Waals surface area (Å²) in [5, 5.41) is 3.73. The summed E-state index contributed by atoms with van der Waals surface area (Å²) in [6.07, 6.45) is 8.38. The van der Waals surface area contributed by atoms with Crippen LogP contribution in [0.4, 0.5) is 0 Å². The molecular weight excluding hydrogens is 178 g/mol. The molecular formula is C11H15NS. The molecule has 1 aromatic heterocycles. The van der Waals surface area contributed by atoms with Crippen molar-refractivity contribution in [2.75, 3.05) is 0 Å². The minimum atomic E-state index is 0.817. The molecule has 0 saturated heterocycles. The molecule has 2 saturated carbocycles. The van der Waals surface area contributed by atoms with E-state index < -0.39 is 0 Å². The maximum atomic E-state index is 4.77. The fraction of sp³-hybridized carbons (Fsp3) is 0.727. The normalized spacial score (nSPS) is 24.0. The Bertz CT molecular complexity index is 295. The minimum absolute atomic E-state index is 0.817. The third-order valence-corrected chi connectivity index (χ3v) is 4.27. The quantitative estimate of drug-likeness (QED) is 0.698. The van der Waals surface area contributed by atoms with E-state index in [9.17, 15) is 0 Å². The number of aromatic nitrogens is 1. The van der Waals surface area contributed by atoms with Crippen LogP contribution in [0.2, 0.25) is 0 Å². The summed E-state index contributed by atoms with van der Waals surface area (Å²) in [6.45, 7) is 0. The van der Waals surface area contributed by atoms with Crippen LogP contribution in [0.1, 0.15) is 61.1 Å². The first kappa shape index (κ1) is 7.98. The second-order valence-corrected chi connectivity index (χ2v) is 5.26. The van der Waals surface area contributed by atoms with Crippen LogP contribution in [0.5, 0.6) is 0 Å². The van der Waals surface area contributed by atoms with Gasteiger partial charge in [-0.15, -0.1) is 11.3 Å². The molecule has 70 valence electrons. The predicted octanol–water partition coefficient (Wildman–Crippen LogP) is 3.68. The van der Waals surface area contributed by atoms with Gasteiger partial charge in [-0.1, -0.05) is 12.8 Å². The maximum absolute atomic E-state index is 4.77. The fourth-order valence-electron chi connectivity index (χ4n) is 2.23. The molecule has 0 atom stereocenters. The molecule has 0 spiro atoms. The molecule has 2 heteroatoms. The monoisotopic (exact) mass is 193 g/mol. The van der Waals surface area contributed by atoms with E-state index in [-0.39, 0.29) is 0 Å². The van der Waals surface area contributed by atoms with Crippen LogP contribution in [0, 0.1) is 0 Å².